The number of carbonyl (C=O) groups excluding carboxylic acids is 2. The van der Waals surface area contributed by atoms with Crippen LogP contribution in [0.15, 0.2) is 54.2 Å². The molecule has 6 nitrogen and oxygen atoms in total. The summed E-state index contributed by atoms with van der Waals surface area (Å²) in [4.78, 5) is 34.1. The highest BCUT2D eigenvalue weighted by Crippen LogP contribution is 2.34. The fourth-order valence-electron chi connectivity index (χ4n) is 3.54. The number of hydrogen-bond donors (Lipinski definition) is 0. The summed E-state index contributed by atoms with van der Waals surface area (Å²) in [6, 6.07) is 11.1. The standard InChI is InChI=1S/C25H22N2O4S/c1-15-5-4-6-17-18(14-32-25(15)17)19-12-26-13-20(27-19)22(29)9-8-21(28)16-7-10-23(30-2)24(11-16)31-3/h4-7,10-14H,8-9H2,1-3H3. The summed E-state index contributed by atoms with van der Waals surface area (Å²) in [5, 5.41) is 3.13. The summed E-state index contributed by atoms with van der Waals surface area (Å²) >= 11 is 1.65. The molecule has 0 spiro atoms. The van der Waals surface area contributed by atoms with Crippen molar-refractivity contribution in [3.63, 3.8) is 0 Å². The normalized spacial score (nSPS) is 10.8. The summed E-state index contributed by atoms with van der Waals surface area (Å²) in [6.07, 6.45) is 3.23. The molecule has 4 rings (SSSR count). The average Bonchev–Trinajstić information content (AvgIpc) is 3.27. The van der Waals surface area contributed by atoms with Gasteiger partial charge in [0.2, 0.25) is 0 Å². The van der Waals surface area contributed by atoms with Crippen LogP contribution in [0.2, 0.25) is 0 Å². The molecule has 0 amide bonds. The van der Waals surface area contributed by atoms with E-state index in [2.05, 4.69) is 23.0 Å². The molecule has 2 aromatic carbocycles. The molecule has 0 atom stereocenters. The summed E-state index contributed by atoms with van der Waals surface area (Å²) < 4.78 is 11.6. The third kappa shape index (κ3) is 4.24. The molecule has 32 heavy (non-hydrogen) atoms. The molecule has 0 radical (unpaired) electrons. The number of Topliss-reactive ketones (excluding diaryl/α,β-unsaturated/α-hetero) is 2. The van der Waals surface area contributed by atoms with Crippen molar-refractivity contribution < 1.29 is 19.1 Å². The van der Waals surface area contributed by atoms with Crippen molar-refractivity contribution in [2.75, 3.05) is 14.2 Å². The van der Waals surface area contributed by atoms with Crippen LogP contribution in [0.4, 0.5) is 0 Å². The van der Waals surface area contributed by atoms with Crippen LogP contribution in [-0.2, 0) is 0 Å². The second kappa shape index (κ2) is 9.28. The molecule has 162 valence electrons. The van der Waals surface area contributed by atoms with E-state index in [0.29, 0.717) is 22.8 Å². The maximum absolute atomic E-state index is 12.7. The quantitative estimate of drug-likeness (QED) is 0.331. The zero-order valence-electron chi connectivity index (χ0n) is 18.0. The van der Waals surface area contributed by atoms with Crippen LogP contribution in [0.25, 0.3) is 21.3 Å². The molecule has 7 heteroatoms. The molecule has 0 bridgehead atoms. The van der Waals surface area contributed by atoms with Crippen LogP contribution < -0.4 is 9.47 Å². The summed E-state index contributed by atoms with van der Waals surface area (Å²) in [5.74, 6) is 0.649. The van der Waals surface area contributed by atoms with Crippen molar-refractivity contribution >= 4 is 33.0 Å². The molecule has 2 heterocycles. The molecule has 0 unspecified atom stereocenters. The van der Waals surface area contributed by atoms with Crippen molar-refractivity contribution in [1.29, 1.82) is 0 Å². The van der Waals surface area contributed by atoms with Crippen molar-refractivity contribution in [3.8, 4) is 22.8 Å². The zero-order valence-corrected chi connectivity index (χ0v) is 18.9. The fourth-order valence-corrected chi connectivity index (χ4v) is 4.58. The third-order valence-corrected chi connectivity index (χ3v) is 6.41. The van der Waals surface area contributed by atoms with Crippen LogP contribution >= 0.6 is 11.3 Å². The van der Waals surface area contributed by atoms with Gasteiger partial charge in [0.25, 0.3) is 0 Å². The van der Waals surface area contributed by atoms with E-state index in [9.17, 15) is 9.59 Å². The van der Waals surface area contributed by atoms with Crippen LogP contribution in [-0.4, -0.2) is 35.8 Å². The number of methoxy groups -OCH3 is 2. The van der Waals surface area contributed by atoms with E-state index in [1.165, 1.54) is 30.7 Å². The van der Waals surface area contributed by atoms with Crippen LogP contribution in [0.3, 0.4) is 0 Å². The van der Waals surface area contributed by atoms with Gasteiger partial charge in [-0.15, -0.1) is 11.3 Å². The minimum Gasteiger partial charge on any atom is -0.493 e. The van der Waals surface area contributed by atoms with Gasteiger partial charge in [-0.05, 0) is 30.7 Å². The largest absolute Gasteiger partial charge is 0.493 e. The van der Waals surface area contributed by atoms with Crippen LogP contribution in [0.5, 0.6) is 11.5 Å². The first kappa shape index (κ1) is 21.6. The summed E-state index contributed by atoms with van der Waals surface area (Å²) in [6.45, 7) is 2.07. The molecule has 0 saturated heterocycles. The number of aromatic nitrogens is 2. The van der Waals surface area contributed by atoms with E-state index in [-0.39, 0.29) is 30.1 Å². The third-order valence-electron chi connectivity index (χ3n) is 5.28. The molecule has 4 aromatic rings. The Hall–Kier alpha value is -3.58. The monoisotopic (exact) mass is 446 g/mol. The molecule has 0 aliphatic heterocycles. The fraction of sp³-hybridized carbons (Fsp3) is 0.200. The Morgan fingerprint density at radius 3 is 2.53 bits per heavy atom. The first-order valence-electron chi connectivity index (χ1n) is 10.1. The Bertz CT molecular complexity index is 1310. The minimum atomic E-state index is -0.219. The van der Waals surface area contributed by atoms with Gasteiger partial charge in [-0.25, -0.2) is 4.98 Å². The van der Waals surface area contributed by atoms with E-state index in [1.807, 2.05) is 17.5 Å². The van der Waals surface area contributed by atoms with Gasteiger partial charge in [0.15, 0.2) is 23.1 Å². The Labute approximate surface area is 189 Å². The number of hydrogen-bond acceptors (Lipinski definition) is 7. The number of fused-ring (bicyclic) bond motifs is 1. The number of benzene rings is 2. The van der Waals surface area contributed by atoms with E-state index in [1.54, 1.807) is 35.7 Å². The highest BCUT2D eigenvalue weighted by molar-refractivity contribution is 7.18. The number of nitrogens with zero attached hydrogens (tertiary/aromatic N) is 2. The number of thiophene rings is 1. The average molecular weight is 447 g/mol. The van der Waals surface area contributed by atoms with E-state index >= 15 is 0 Å². The highest BCUT2D eigenvalue weighted by Gasteiger charge is 2.16. The van der Waals surface area contributed by atoms with Gasteiger partial charge < -0.3 is 9.47 Å². The molecule has 0 fully saturated rings. The van der Waals surface area contributed by atoms with E-state index in [4.69, 9.17) is 9.47 Å². The number of rotatable bonds is 8. The predicted octanol–water partition coefficient (Wildman–Crippen LogP) is 5.53. The van der Waals surface area contributed by atoms with Crippen molar-refractivity contribution in [2.24, 2.45) is 0 Å². The second-order valence-corrected chi connectivity index (χ2v) is 8.19. The summed E-state index contributed by atoms with van der Waals surface area (Å²) in [5.41, 5.74) is 3.54. The lowest BCUT2D eigenvalue weighted by molar-refractivity contribution is 0.0914. The Balaban J connectivity index is 1.50. The Kier molecular flexibility index (Phi) is 6.28. The van der Waals surface area contributed by atoms with Gasteiger partial charge in [0.05, 0.1) is 32.3 Å². The molecule has 0 saturated carbocycles. The van der Waals surface area contributed by atoms with Crippen LogP contribution in [0.1, 0.15) is 39.3 Å². The smallest absolute Gasteiger partial charge is 0.183 e. The lowest BCUT2D eigenvalue weighted by Gasteiger charge is -2.09. The van der Waals surface area contributed by atoms with E-state index < -0.39 is 0 Å². The number of carbonyl (C=O) groups is 2. The van der Waals surface area contributed by atoms with Crippen molar-refractivity contribution in [3.05, 3.63) is 71.0 Å². The van der Waals surface area contributed by atoms with Crippen molar-refractivity contribution in [1.82, 2.24) is 9.97 Å². The van der Waals surface area contributed by atoms with Crippen molar-refractivity contribution in [2.45, 2.75) is 19.8 Å². The Morgan fingerprint density at radius 2 is 1.75 bits per heavy atom. The zero-order chi connectivity index (χ0) is 22.7. The first-order chi connectivity index (χ1) is 15.5. The molecular formula is C25H22N2O4S. The SMILES string of the molecule is COc1ccc(C(=O)CCC(=O)c2cncc(-c3csc4c(C)cccc34)n2)cc1OC. The van der Waals surface area contributed by atoms with Gasteiger partial charge in [0.1, 0.15) is 5.69 Å². The van der Waals surface area contributed by atoms with Gasteiger partial charge in [0, 0.05) is 39.4 Å². The molecule has 0 aliphatic carbocycles. The summed E-state index contributed by atoms with van der Waals surface area (Å²) in [7, 11) is 3.05. The van der Waals surface area contributed by atoms with Gasteiger partial charge in [-0.2, -0.15) is 0 Å². The Morgan fingerprint density at radius 1 is 0.969 bits per heavy atom. The second-order valence-electron chi connectivity index (χ2n) is 7.31. The van der Waals surface area contributed by atoms with Gasteiger partial charge in [-0.1, -0.05) is 18.2 Å². The lowest BCUT2D eigenvalue weighted by Crippen LogP contribution is -2.08. The molecule has 0 N–H and O–H groups in total. The minimum absolute atomic E-state index is 0.0504. The van der Waals surface area contributed by atoms with E-state index in [0.717, 1.165) is 10.9 Å². The number of aryl methyl sites for hydroxylation is 1. The predicted molar refractivity (Wildman–Crippen MR) is 125 cm³/mol. The first-order valence-corrected chi connectivity index (χ1v) is 11.0. The maximum Gasteiger partial charge on any atom is 0.183 e. The van der Waals surface area contributed by atoms with Gasteiger partial charge in [-0.3, -0.25) is 14.6 Å². The highest BCUT2D eigenvalue weighted by atomic mass is 32.1. The number of ketones is 2. The topological polar surface area (TPSA) is 78.4 Å². The number of ether oxygens (including phenoxy) is 2. The van der Waals surface area contributed by atoms with Crippen LogP contribution in [0, 0.1) is 6.92 Å². The molecule has 0 aliphatic rings. The molecular weight excluding hydrogens is 424 g/mol. The molecule has 2 aromatic heterocycles. The maximum atomic E-state index is 12.7. The van der Waals surface area contributed by atoms with Gasteiger partial charge >= 0.3 is 0 Å². The lowest BCUT2D eigenvalue weighted by atomic mass is 10.0.